The molecule has 3 N–H and O–H groups in total. The van der Waals surface area contributed by atoms with Gasteiger partial charge in [-0.25, -0.2) is 4.99 Å². The molecule has 0 aromatic heterocycles. The number of rotatable bonds is 2. The van der Waals surface area contributed by atoms with Gasteiger partial charge >= 0.3 is 0 Å². The quantitative estimate of drug-likeness (QED) is 0.468. The molecule has 0 radical (unpaired) electrons. The lowest BCUT2D eigenvalue weighted by atomic mass is 9.54. The van der Waals surface area contributed by atoms with E-state index in [-0.39, 0.29) is 0 Å². The summed E-state index contributed by atoms with van der Waals surface area (Å²) in [5, 5.41) is 3.53. The van der Waals surface area contributed by atoms with Gasteiger partial charge in [-0.2, -0.15) is 0 Å². The highest BCUT2D eigenvalue weighted by atomic mass is 16.5. The van der Waals surface area contributed by atoms with E-state index in [1.54, 1.807) is 0 Å². The average molecular weight is 305 g/mol. The minimum absolute atomic E-state index is 0.330. The summed E-state index contributed by atoms with van der Waals surface area (Å²) in [5.41, 5.74) is 6.63. The van der Waals surface area contributed by atoms with E-state index in [1.165, 1.54) is 70.6 Å². The van der Waals surface area contributed by atoms with E-state index in [4.69, 9.17) is 15.5 Å². The summed E-state index contributed by atoms with van der Waals surface area (Å²) in [7, 11) is 0. The molecule has 0 aromatic rings. The van der Waals surface area contributed by atoms with Crippen LogP contribution >= 0.6 is 0 Å². The van der Waals surface area contributed by atoms with Crippen molar-refractivity contribution in [3.05, 3.63) is 0 Å². The number of hydrogen-bond acceptors (Lipinski definition) is 2. The van der Waals surface area contributed by atoms with E-state index in [9.17, 15) is 0 Å². The predicted molar refractivity (Wildman–Crippen MR) is 88.8 cm³/mol. The summed E-state index contributed by atoms with van der Waals surface area (Å²) in [4.78, 5) is 4.99. The number of nitrogens with two attached hydrogens (primary N) is 1. The molecule has 22 heavy (non-hydrogen) atoms. The van der Waals surface area contributed by atoms with Gasteiger partial charge in [0.15, 0.2) is 5.96 Å². The normalized spacial score (nSPS) is 38.5. The van der Waals surface area contributed by atoms with Crippen molar-refractivity contribution in [1.82, 2.24) is 5.32 Å². The van der Waals surface area contributed by atoms with Crippen molar-refractivity contribution >= 4 is 5.96 Å². The second-order valence-electron chi connectivity index (χ2n) is 7.98. The smallest absolute Gasteiger partial charge is 0.189 e. The van der Waals surface area contributed by atoms with Crippen molar-refractivity contribution < 1.29 is 4.74 Å². The number of guanidine groups is 1. The number of ether oxygens (including phenoxy) is 1. The zero-order valence-corrected chi connectivity index (χ0v) is 13.7. The van der Waals surface area contributed by atoms with Gasteiger partial charge in [0.2, 0.25) is 0 Å². The van der Waals surface area contributed by atoms with Gasteiger partial charge in [0, 0.05) is 24.0 Å². The monoisotopic (exact) mass is 305 g/mol. The van der Waals surface area contributed by atoms with Crippen LogP contribution in [0.25, 0.3) is 0 Å². The zero-order chi connectivity index (χ0) is 15.0. The van der Waals surface area contributed by atoms with Crippen LogP contribution in [0.4, 0.5) is 0 Å². The van der Waals surface area contributed by atoms with Gasteiger partial charge in [0.25, 0.3) is 0 Å². The number of hydrogen-bond donors (Lipinski definition) is 2. The van der Waals surface area contributed by atoms with E-state index in [0.717, 1.165) is 6.61 Å². The largest absolute Gasteiger partial charge is 0.377 e. The maximum absolute atomic E-state index is 6.30. The van der Waals surface area contributed by atoms with Gasteiger partial charge in [-0.15, -0.1) is 0 Å². The van der Waals surface area contributed by atoms with Crippen LogP contribution in [0.5, 0.6) is 0 Å². The fourth-order valence-electron chi connectivity index (χ4n) is 5.66. The van der Waals surface area contributed by atoms with E-state index < -0.39 is 0 Å². The van der Waals surface area contributed by atoms with Crippen LogP contribution in [0.2, 0.25) is 0 Å². The number of nitrogens with zero attached hydrogens (tertiary/aromatic N) is 1. The summed E-state index contributed by atoms with van der Waals surface area (Å²) in [6, 6.07) is 0.960. The van der Waals surface area contributed by atoms with Crippen molar-refractivity contribution in [2.45, 2.75) is 88.8 Å². The lowest BCUT2D eigenvalue weighted by Crippen LogP contribution is -2.61. The van der Waals surface area contributed by atoms with Crippen LogP contribution in [0.15, 0.2) is 4.99 Å². The standard InChI is InChI=1S/C18H31N3O/c19-17(20-13-7-3-1-2-4-8-13)21-15-14-9-12-22-16(14)18(15)10-5-6-11-18/h13-16H,1-12H2,(H3,19,20,21). The first kappa shape index (κ1) is 14.8. The molecule has 1 heterocycles. The molecule has 1 spiro atoms. The van der Waals surface area contributed by atoms with Crippen molar-refractivity contribution in [2.24, 2.45) is 22.1 Å². The molecule has 1 aliphatic heterocycles. The molecule has 4 aliphatic rings. The molecule has 0 bridgehead atoms. The lowest BCUT2D eigenvalue weighted by molar-refractivity contribution is -0.117. The third-order valence-corrected chi connectivity index (χ3v) is 6.72. The Bertz CT molecular complexity index is 422. The minimum Gasteiger partial charge on any atom is -0.377 e. The maximum Gasteiger partial charge on any atom is 0.189 e. The van der Waals surface area contributed by atoms with Gasteiger partial charge in [-0.05, 0) is 32.1 Å². The average Bonchev–Trinajstić information content (AvgIpc) is 3.10. The van der Waals surface area contributed by atoms with Crippen LogP contribution in [0, 0.1) is 11.3 Å². The summed E-state index contributed by atoms with van der Waals surface area (Å²) >= 11 is 0. The summed E-state index contributed by atoms with van der Waals surface area (Å²) in [6.07, 6.45) is 14.8. The Hall–Kier alpha value is -0.770. The maximum atomic E-state index is 6.30. The van der Waals surface area contributed by atoms with Crippen LogP contribution in [0.1, 0.15) is 70.6 Å². The molecule has 4 nitrogen and oxygen atoms in total. The zero-order valence-electron chi connectivity index (χ0n) is 13.7. The molecule has 0 aromatic carbocycles. The highest BCUT2D eigenvalue weighted by Crippen LogP contribution is 2.61. The van der Waals surface area contributed by atoms with Gasteiger partial charge in [-0.1, -0.05) is 38.5 Å². The molecule has 3 atom stereocenters. The molecular weight excluding hydrogens is 274 g/mol. The molecule has 1 saturated heterocycles. The van der Waals surface area contributed by atoms with E-state index >= 15 is 0 Å². The van der Waals surface area contributed by atoms with Crippen molar-refractivity contribution in [3.8, 4) is 0 Å². The van der Waals surface area contributed by atoms with Gasteiger partial charge in [0.05, 0.1) is 12.1 Å². The Kier molecular flexibility index (Phi) is 4.05. The van der Waals surface area contributed by atoms with Crippen LogP contribution in [-0.4, -0.2) is 30.8 Å². The summed E-state index contributed by atoms with van der Waals surface area (Å²) in [6.45, 7) is 0.930. The molecule has 124 valence electrons. The van der Waals surface area contributed by atoms with Crippen LogP contribution < -0.4 is 11.1 Å². The van der Waals surface area contributed by atoms with Crippen LogP contribution in [-0.2, 0) is 4.74 Å². The number of aliphatic imine (C=N–C) groups is 1. The predicted octanol–water partition coefficient (Wildman–Crippen LogP) is 2.96. The van der Waals surface area contributed by atoms with Crippen molar-refractivity contribution in [3.63, 3.8) is 0 Å². The Labute approximate surface area is 134 Å². The molecule has 4 heteroatoms. The second kappa shape index (κ2) is 6.03. The van der Waals surface area contributed by atoms with Crippen LogP contribution in [0.3, 0.4) is 0 Å². The Morgan fingerprint density at radius 2 is 1.73 bits per heavy atom. The first-order chi connectivity index (χ1) is 10.8. The molecule has 4 fully saturated rings. The molecule has 4 rings (SSSR count). The lowest BCUT2D eigenvalue weighted by Gasteiger charge is -2.54. The van der Waals surface area contributed by atoms with Gasteiger partial charge < -0.3 is 15.8 Å². The SMILES string of the molecule is NC(=NC1C2CCOC2C12CCCC2)NC1CCCCCC1. The Morgan fingerprint density at radius 3 is 2.45 bits per heavy atom. The Balaban J connectivity index is 1.44. The fraction of sp³-hybridized carbons (Fsp3) is 0.944. The van der Waals surface area contributed by atoms with E-state index in [0.29, 0.717) is 35.5 Å². The number of nitrogens with one attached hydrogen (secondary N) is 1. The minimum atomic E-state index is 0.330. The highest BCUT2D eigenvalue weighted by Gasteiger charge is 2.65. The topological polar surface area (TPSA) is 59.6 Å². The first-order valence-electron chi connectivity index (χ1n) is 9.51. The third kappa shape index (κ3) is 2.44. The molecule has 0 amide bonds. The van der Waals surface area contributed by atoms with Gasteiger partial charge in [0.1, 0.15) is 0 Å². The second-order valence-corrected chi connectivity index (χ2v) is 7.98. The van der Waals surface area contributed by atoms with E-state index in [2.05, 4.69) is 5.32 Å². The highest BCUT2D eigenvalue weighted by molar-refractivity contribution is 5.78. The molecule has 3 saturated carbocycles. The van der Waals surface area contributed by atoms with Crippen molar-refractivity contribution in [2.75, 3.05) is 6.61 Å². The summed E-state index contributed by atoms with van der Waals surface area (Å²) < 4.78 is 6.04. The summed E-state index contributed by atoms with van der Waals surface area (Å²) in [5.74, 6) is 1.33. The molecule has 3 unspecified atom stereocenters. The van der Waals surface area contributed by atoms with E-state index in [1.807, 2.05) is 0 Å². The fourth-order valence-corrected chi connectivity index (χ4v) is 5.66. The number of fused-ring (bicyclic) bond motifs is 2. The van der Waals surface area contributed by atoms with Crippen molar-refractivity contribution in [1.29, 1.82) is 0 Å². The first-order valence-corrected chi connectivity index (χ1v) is 9.51. The third-order valence-electron chi connectivity index (χ3n) is 6.72. The Morgan fingerprint density at radius 1 is 1.00 bits per heavy atom. The molecule has 3 aliphatic carbocycles. The van der Waals surface area contributed by atoms with Gasteiger partial charge in [-0.3, -0.25) is 0 Å². The molecular formula is C18H31N3O.